The molecule has 0 saturated carbocycles. The Hall–Kier alpha value is -3.82. The van der Waals surface area contributed by atoms with Gasteiger partial charge in [-0.2, -0.15) is 0 Å². The number of carbonyl (C=O) groups excluding carboxylic acids is 1. The predicted molar refractivity (Wildman–Crippen MR) is 108 cm³/mol. The number of carboxylic acids is 1. The number of benzene rings is 2. The van der Waals surface area contributed by atoms with E-state index in [9.17, 15) is 34.9 Å². The van der Waals surface area contributed by atoms with Crippen molar-refractivity contribution < 1.29 is 24.5 Å². The maximum atomic E-state index is 12.2. The Morgan fingerprint density at radius 1 is 1.03 bits per heavy atom. The molecule has 30 heavy (non-hydrogen) atoms. The molecule has 2 aromatic carbocycles. The summed E-state index contributed by atoms with van der Waals surface area (Å²) in [4.78, 5) is 46.2. The topological polar surface area (TPSA) is 144 Å². The van der Waals surface area contributed by atoms with E-state index in [1.54, 1.807) is 51.1 Å². The second-order valence-corrected chi connectivity index (χ2v) is 7.77. The number of carboxylic acid groups (broad SMARTS) is 1. The van der Waals surface area contributed by atoms with Gasteiger partial charge in [0.05, 0.1) is 33.6 Å². The van der Waals surface area contributed by atoms with E-state index >= 15 is 0 Å². The first-order chi connectivity index (χ1) is 14.0. The maximum Gasteiger partial charge on any atom is 0.309 e. The molecule has 0 heterocycles. The zero-order valence-corrected chi connectivity index (χ0v) is 16.6. The monoisotopic (exact) mass is 415 g/mol. The summed E-state index contributed by atoms with van der Waals surface area (Å²) >= 11 is 0. The Balaban J connectivity index is 2.79. The number of nitro benzene ring substituents is 2. The van der Waals surface area contributed by atoms with E-state index in [2.05, 4.69) is 0 Å². The zero-order valence-electron chi connectivity index (χ0n) is 16.6. The molecule has 0 bridgehead atoms. The Labute approximate surface area is 172 Å². The molecule has 0 saturated heterocycles. The van der Waals surface area contributed by atoms with Crippen LogP contribution in [-0.4, -0.2) is 27.3 Å². The molecule has 2 atom stereocenters. The molecule has 0 aliphatic heterocycles. The van der Waals surface area contributed by atoms with E-state index in [4.69, 9.17) is 0 Å². The third-order valence-electron chi connectivity index (χ3n) is 4.68. The van der Waals surface area contributed by atoms with E-state index in [0.717, 1.165) is 23.1 Å². The summed E-state index contributed by atoms with van der Waals surface area (Å²) in [7, 11) is 0. The summed E-state index contributed by atoms with van der Waals surface area (Å²) in [6, 6.07) is 10.1. The van der Waals surface area contributed by atoms with Crippen molar-refractivity contribution in [3.05, 3.63) is 74.3 Å². The minimum absolute atomic E-state index is 0.143. The van der Waals surface area contributed by atoms with Crippen LogP contribution in [0.15, 0.2) is 48.5 Å². The van der Waals surface area contributed by atoms with Crippen molar-refractivity contribution in [1.82, 2.24) is 0 Å². The molecule has 0 unspecified atom stereocenters. The van der Waals surface area contributed by atoms with Crippen molar-refractivity contribution in [2.75, 3.05) is 4.90 Å². The van der Waals surface area contributed by atoms with Crippen molar-refractivity contribution >= 4 is 29.4 Å². The summed E-state index contributed by atoms with van der Waals surface area (Å²) in [5.41, 5.74) is -1.66. The molecule has 0 fully saturated rings. The van der Waals surface area contributed by atoms with Gasteiger partial charge in [-0.25, -0.2) is 0 Å². The van der Waals surface area contributed by atoms with Gasteiger partial charge in [-0.1, -0.05) is 51.1 Å². The van der Waals surface area contributed by atoms with Crippen molar-refractivity contribution in [3.63, 3.8) is 0 Å². The molecule has 1 N–H and O–H groups in total. The van der Waals surface area contributed by atoms with Crippen LogP contribution in [0.3, 0.4) is 0 Å². The fourth-order valence-corrected chi connectivity index (χ4v) is 3.37. The van der Waals surface area contributed by atoms with Gasteiger partial charge in [0.25, 0.3) is 11.4 Å². The van der Waals surface area contributed by atoms with Crippen LogP contribution in [0.25, 0.3) is 0 Å². The fraction of sp³-hybridized carbons (Fsp3) is 0.300. The standard InChI is InChI=1S/C20H21N3O7/c1-20(2,3)17(19(25)26)18(13-7-5-4-6-8-13)21(12-24)14-9-15(22(27)28)11-16(10-14)23(29)30/h4-12,17-18H,1-3H3,(H,25,26)/t17-,18+/m0/s1. The van der Waals surface area contributed by atoms with Crippen molar-refractivity contribution in [1.29, 1.82) is 0 Å². The smallest absolute Gasteiger partial charge is 0.309 e. The zero-order chi connectivity index (χ0) is 22.6. The van der Waals surface area contributed by atoms with Gasteiger partial charge in [-0.15, -0.1) is 0 Å². The van der Waals surface area contributed by atoms with E-state index in [1.807, 2.05) is 0 Å². The number of hydrogen-bond acceptors (Lipinski definition) is 6. The van der Waals surface area contributed by atoms with Crippen LogP contribution >= 0.6 is 0 Å². The van der Waals surface area contributed by atoms with Gasteiger partial charge in [-0.05, 0) is 11.0 Å². The fourth-order valence-electron chi connectivity index (χ4n) is 3.37. The highest BCUT2D eigenvalue weighted by molar-refractivity contribution is 5.82. The Morgan fingerprint density at radius 2 is 1.53 bits per heavy atom. The maximum absolute atomic E-state index is 12.2. The third kappa shape index (κ3) is 4.77. The molecular weight excluding hydrogens is 394 g/mol. The van der Waals surface area contributed by atoms with E-state index in [1.165, 1.54) is 0 Å². The van der Waals surface area contributed by atoms with Gasteiger partial charge in [0.2, 0.25) is 6.41 Å². The van der Waals surface area contributed by atoms with E-state index in [-0.39, 0.29) is 5.69 Å². The summed E-state index contributed by atoms with van der Waals surface area (Å²) in [5.74, 6) is -2.30. The highest BCUT2D eigenvalue weighted by Crippen LogP contribution is 2.42. The quantitative estimate of drug-likeness (QED) is 0.390. The summed E-state index contributed by atoms with van der Waals surface area (Å²) < 4.78 is 0. The first-order valence-electron chi connectivity index (χ1n) is 8.92. The van der Waals surface area contributed by atoms with Gasteiger partial charge >= 0.3 is 5.97 Å². The Bertz CT molecular complexity index is 938. The lowest BCUT2D eigenvalue weighted by Gasteiger charge is -2.39. The average Bonchev–Trinajstić information content (AvgIpc) is 2.66. The lowest BCUT2D eigenvalue weighted by Crippen LogP contribution is -2.42. The van der Waals surface area contributed by atoms with Crippen LogP contribution in [0.4, 0.5) is 17.1 Å². The number of anilines is 1. The van der Waals surface area contributed by atoms with Gasteiger partial charge < -0.3 is 10.0 Å². The van der Waals surface area contributed by atoms with Crippen LogP contribution in [0.1, 0.15) is 32.4 Å². The first-order valence-corrected chi connectivity index (χ1v) is 8.92. The summed E-state index contributed by atoms with van der Waals surface area (Å²) in [5, 5.41) is 32.5. The summed E-state index contributed by atoms with van der Waals surface area (Å²) in [6.07, 6.45) is 0.335. The average molecular weight is 415 g/mol. The van der Waals surface area contributed by atoms with Gasteiger partial charge in [-0.3, -0.25) is 29.8 Å². The number of hydrogen-bond donors (Lipinski definition) is 1. The molecular formula is C20H21N3O7. The normalized spacial score (nSPS) is 13.2. The van der Waals surface area contributed by atoms with Gasteiger partial charge in [0.15, 0.2) is 0 Å². The largest absolute Gasteiger partial charge is 0.481 e. The number of aliphatic carboxylic acids is 1. The molecule has 10 heteroatoms. The summed E-state index contributed by atoms with van der Waals surface area (Å²) in [6.45, 7) is 5.09. The highest BCUT2D eigenvalue weighted by atomic mass is 16.6. The van der Waals surface area contributed by atoms with Crippen LogP contribution in [0, 0.1) is 31.6 Å². The van der Waals surface area contributed by atoms with Crippen LogP contribution in [0.5, 0.6) is 0 Å². The molecule has 0 aromatic heterocycles. The number of non-ortho nitro benzene ring substituents is 2. The van der Waals surface area contributed by atoms with Crippen molar-refractivity contribution in [3.8, 4) is 0 Å². The second-order valence-electron chi connectivity index (χ2n) is 7.77. The van der Waals surface area contributed by atoms with E-state index in [0.29, 0.717) is 12.0 Å². The van der Waals surface area contributed by atoms with Crippen LogP contribution in [-0.2, 0) is 9.59 Å². The molecule has 10 nitrogen and oxygen atoms in total. The number of rotatable bonds is 8. The highest BCUT2D eigenvalue weighted by Gasteiger charge is 2.42. The minimum Gasteiger partial charge on any atom is -0.481 e. The first kappa shape index (κ1) is 22.5. The van der Waals surface area contributed by atoms with Gasteiger partial charge in [0.1, 0.15) is 0 Å². The minimum atomic E-state index is -1.18. The molecule has 0 aliphatic carbocycles. The number of carbonyl (C=O) groups is 2. The lowest BCUT2D eigenvalue weighted by molar-refractivity contribution is -0.394. The third-order valence-corrected chi connectivity index (χ3v) is 4.68. The molecule has 158 valence electrons. The molecule has 0 spiro atoms. The Kier molecular flexibility index (Phi) is 6.50. The molecule has 0 aliphatic rings. The SMILES string of the molecule is CC(C)(C)[C@H](C(=O)O)[C@@H](c1ccccc1)N(C=O)c1cc([N+](=O)[O-])cc([N+](=O)[O-])c1. The van der Waals surface area contributed by atoms with Crippen molar-refractivity contribution in [2.45, 2.75) is 26.8 Å². The number of nitrogens with zero attached hydrogens (tertiary/aromatic N) is 3. The second kappa shape index (κ2) is 8.68. The number of amides is 1. The van der Waals surface area contributed by atoms with Gasteiger partial charge in [0, 0.05) is 12.1 Å². The van der Waals surface area contributed by atoms with Crippen LogP contribution < -0.4 is 4.90 Å². The van der Waals surface area contributed by atoms with Crippen LogP contribution in [0.2, 0.25) is 0 Å². The molecule has 2 rings (SSSR count). The molecule has 2 aromatic rings. The molecule has 1 amide bonds. The van der Waals surface area contributed by atoms with Crippen molar-refractivity contribution in [2.24, 2.45) is 11.3 Å². The lowest BCUT2D eigenvalue weighted by atomic mass is 9.73. The number of nitro groups is 2. The molecule has 0 radical (unpaired) electrons. The predicted octanol–water partition coefficient (Wildman–Crippen LogP) is 3.95. The van der Waals surface area contributed by atoms with E-state index < -0.39 is 44.6 Å². The Morgan fingerprint density at radius 3 is 1.90 bits per heavy atom.